The molecule has 108 valence electrons. The van der Waals surface area contributed by atoms with Gasteiger partial charge in [-0.2, -0.15) is 0 Å². The summed E-state index contributed by atoms with van der Waals surface area (Å²) in [5.74, 6) is 0.236. The van der Waals surface area contributed by atoms with E-state index in [2.05, 4.69) is 4.99 Å². The Balaban J connectivity index is 1.86. The van der Waals surface area contributed by atoms with Gasteiger partial charge in [0, 0.05) is 24.9 Å². The molecule has 20 heavy (non-hydrogen) atoms. The third-order valence-corrected chi connectivity index (χ3v) is 3.35. The van der Waals surface area contributed by atoms with E-state index in [0.29, 0.717) is 19.7 Å². The van der Waals surface area contributed by atoms with Crippen LogP contribution in [0.4, 0.5) is 4.79 Å². The fourth-order valence-corrected chi connectivity index (χ4v) is 2.19. The summed E-state index contributed by atoms with van der Waals surface area (Å²) in [6.07, 6.45) is 3.11. The molecule has 1 fully saturated rings. The summed E-state index contributed by atoms with van der Waals surface area (Å²) in [5, 5.41) is 9.65. The Labute approximate surface area is 118 Å². The number of phenols is 1. The van der Waals surface area contributed by atoms with Crippen LogP contribution in [0.15, 0.2) is 29.3 Å². The number of carbonyl (C=O) groups is 1. The van der Waals surface area contributed by atoms with Gasteiger partial charge in [-0.05, 0) is 31.9 Å². The fourth-order valence-electron chi connectivity index (χ4n) is 2.19. The Bertz CT molecular complexity index is 480. The van der Waals surface area contributed by atoms with E-state index in [1.807, 2.05) is 12.1 Å². The Morgan fingerprint density at radius 2 is 2.15 bits per heavy atom. The van der Waals surface area contributed by atoms with Crippen molar-refractivity contribution in [2.45, 2.75) is 25.8 Å². The van der Waals surface area contributed by atoms with Crippen LogP contribution in [-0.2, 0) is 4.74 Å². The second kappa shape index (κ2) is 6.93. The number of hydrogen-bond donors (Lipinski definition) is 1. The topological polar surface area (TPSA) is 62.1 Å². The Morgan fingerprint density at radius 3 is 2.80 bits per heavy atom. The molecule has 0 radical (unpaired) electrons. The number of phenolic OH excluding ortho intramolecular Hbond substituents is 1. The minimum absolute atomic E-state index is 0.195. The molecule has 0 bridgehead atoms. The van der Waals surface area contributed by atoms with E-state index in [9.17, 15) is 9.90 Å². The highest BCUT2D eigenvalue weighted by Gasteiger charge is 2.22. The maximum atomic E-state index is 11.6. The van der Waals surface area contributed by atoms with Crippen LogP contribution >= 0.6 is 0 Å². The zero-order valence-corrected chi connectivity index (χ0v) is 11.7. The van der Waals surface area contributed by atoms with Crippen molar-refractivity contribution in [2.24, 2.45) is 4.99 Å². The molecule has 2 rings (SSSR count). The number of aliphatic imine (C=N–C) groups is 1. The van der Waals surface area contributed by atoms with Crippen molar-refractivity contribution in [3.63, 3.8) is 0 Å². The van der Waals surface area contributed by atoms with Crippen LogP contribution in [0.3, 0.4) is 0 Å². The average molecular weight is 276 g/mol. The molecule has 0 aliphatic carbocycles. The normalized spacial score (nSPS) is 16.6. The lowest BCUT2D eigenvalue weighted by atomic mass is 10.1. The second-order valence-corrected chi connectivity index (χ2v) is 4.75. The van der Waals surface area contributed by atoms with Crippen molar-refractivity contribution >= 4 is 12.3 Å². The van der Waals surface area contributed by atoms with Gasteiger partial charge >= 0.3 is 6.09 Å². The van der Waals surface area contributed by atoms with E-state index in [1.54, 1.807) is 30.2 Å². The number of carbonyl (C=O) groups excluding carboxylic acids is 1. The van der Waals surface area contributed by atoms with Crippen molar-refractivity contribution in [3.05, 3.63) is 29.8 Å². The van der Waals surface area contributed by atoms with E-state index >= 15 is 0 Å². The highest BCUT2D eigenvalue weighted by molar-refractivity contribution is 5.83. The Morgan fingerprint density at radius 1 is 1.45 bits per heavy atom. The van der Waals surface area contributed by atoms with Crippen molar-refractivity contribution < 1.29 is 14.6 Å². The first-order valence-electron chi connectivity index (χ1n) is 6.93. The summed E-state index contributed by atoms with van der Waals surface area (Å²) in [7, 11) is 0. The summed E-state index contributed by atoms with van der Waals surface area (Å²) in [4.78, 5) is 17.8. The zero-order valence-electron chi connectivity index (χ0n) is 11.7. The first-order valence-corrected chi connectivity index (χ1v) is 6.93. The smallest absolute Gasteiger partial charge is 0.409 e. The summed E-state index contributed by atoms with van der Waals surface area (Å²) in [5.41, 5.74) is 0.723. The number of aromatic hydroxyl groups is 1. The predicted octanol–water partition coefficient (Wildman–Crippen LogP) is 2.43. The van der Waals surface area contributed by atoms with Crippen LogP contribution in [0.25, 0.3) is 0 Å². The third-order valence-electron chi connectivity index (χ3n) is 3.35. The van der Waals surface area contributed by atoms with Gasteiger partial charge in [-0.25, -0.2) is 4.79 Å². The maximum Gasteiger partial charge on any atom is 0.409 e. The predicted molar refractivity (Wildman–Crippen MR) is 77.3 cm³/mol. The average Bonchev–Trinajstić information content (AvgIpc) is 2.47. The summed E-state index contributed by atoms with van der Waals surface area (Å²) in [6.45, 7) is 3.55. The van der Waals surface area contributed by atoms with Crippen molar-refractivity contribution in [1.29, 1.82) is 0 Å². The molecule has 0 aromatic heterocycles. The number of likely N-dealkylation sites (tertiary alicyclic amines) is 1. The molecular weight excluding hydrogens is 256 g/mol. The van der Waals surface area contributed by atoms with E-state index in [0.717, 1.165) is 18.4 Å². The van der Waals surface area contributed by atoms with Gasteiger partial charge in [0.25, 0.3) is 0 Å². The van der Waals surface area contributed by atoms with Crippen LogP contribution < -0.4 is 0 Å². The molecule has 5 heteroatoms. The number of hydrogen-bond acceptors (Lipinski definition) is 4. The molecule has 1 heterocycles. The number of nitrogens with zero attached hydrogens (tertiary/aromatic N) is 2. The number of rotatable bonds is 3. The van der Waals surface area contributed by atoms with Gasteiger partial charge in [0.1, 0.15) is 5.75 Å². The number of benzene rings is 1. The molecule has 1 aliphatic rings. The van der Waals surface area contributed by atoms with E-state index in [1.165, 1.54) is 0 Å². The summed E-state index contributed by atoms with van der Waals surface area (Å²) in [6, 6.07) is 7.31. The first kappa shape index (κ1) is 14.4. The van der Waals surface area contributed by atoms with Gasteiger partial charge < -0.3 is 14.7 Å². The van der Waals surface area contributed by atoms with Crippen molar-refractivity contribution in [1.82, 2.24) is 4.90 Å². The largest absolute Gasteiger partial charge is 0.507 e. The van der Waals surface area contributed by atoms with E-state index in [-0.39, 0.29) is 17.9 Å². The van der Waals surface area contributed by atoms with E-state index < -0.39 is 0 Å². The molecule has 1 aliphatic heterocycles. The highest BCUT2D eigenvalue weighted by Crippen LogP contribution is 2.17. The lowest BCUT2D eigenvalue weighted by Gasteiger charge is -2.29. The van der Waals surface area contributed by atoms with Gasteiger partial charge in [0.05, 0.1) is 12.6 Å². The van der Waals surface area contributed by atoms with Crippen LogP contribution in [-0.4, -0.2) is 48.1 Å². The SMILES string of the molecule is CCOC(=O)N1CCC(N=Cc2ccccc2O)CC1. The van der Waals surface area contributed by atoms with Gasteiger partial charge in [-0.15, -0.1) is 0 Å². The highest BCUT2D eigenvalue weighted by atomic mass is 16.6. The van der Waals surface area contributed by atoms with Crippen LogP contribution in [0.5, 0.6) is 5.75 Å². The van der Waals surface area contributed by atoms with Crippen LogP contribution in [0.1, 0.15) is 25.3 Å². The zero-order chi connectivity index (χ0) is 14.4. The van der Waals surface area contributed by atoms with Gasteiger partial charge in [0.15, 0.2) is 0 Å². The number of ether oxygens (including phenoxy) is 1. The lowest BCUT2D eigenvalue weighted by Crippen LogP contribution is -2.40. The molecule has 1 amide bonds. The number of para-hydroxylation sites is 1. The van der Waals surface area contributed by atoms with Gasteiger partial charge in [-0.1, -0.05) is 12.1 Å². The van der Waals surface area contributed by atoms with Crippen LogP contribution in [0.2, 0.25) is 0 Å². The molecule has 0 atom stereocenters. The monoisotopic (exact) mass is 276 g/mol. The number of amides is 1. The Kier molecular flexibility index (Phi) is 4.98. The third kappa shape index (κ3) is 3.73. The molecule has 0 saturated carbocycles. The van der Waals surface area contributed by atoms with Crippen molar-refractivity contribution in [2.75, 3.05) is 19.7 Å². The molecule has 1 saturated heterocycles. The first-order chi connectivity index (χ1) is 9.70. The molecule has 1 aromatic carbocycles. The maximum absolute atomic E-state index is 11.6. The summed E-state index contributed by atoms with van der Waals surface area (Å²) >= 11 is 0. The molecular formula is C15H20N2O3. The molecule has 0 unspecified atom stereocenters. The Hall–Kier alpha value is -2.04. The summed E-state index contributed by atoms with van der Waals surface area (Å²) < 4.78 is 4.98. The van der Waals surface area contributed by atoms with Crippen LogP contribution in [0, 0.1) is 0 Å². The number of piperidine rings is 1. The fraction of sp³-hybridized carbons (Fsp3) is 0.467. The second-order valence-electron chi connectivity index (χ2n) is 4.75. The quantitative estimate of drug-likeness (QED) is 0.862. The minimum Gasteiger partial charge on any atom is -0.507 e. The van der Waals surface area contributed by atoms with Gasteiger partial charge in [-0.3, -0.25) is 4.99 Å². The standard InChI is InChI=1S/C15H20N2O3/c1-2-20-15(19)17-9-7-13(8-10-17)16-11-12-5-3-4-6-14(12)18/h3-6,11,13,18H,2,7-10H2,1H3. The minimum atomic E-state index is -0.240. The molecule has 5 nitrogen and oxygen atoms in total. The molecule has 0 spiro atoms. The molecule has 1 N–H and O–H groups in total. The lowest BCUT2D eigenvalue weighted by molar-refractivity contribution is 0.0975. The molecule has 1 aromatic rings. The van der Waals surface area contributed by atoms with Crippen molar-refractivity contribution in [3.8, 4) is 5.75 Å². The van der Waals surface area contributed by atoms with Gasteiger partial charge in [0.2, 0.25) is 0 Å². The van der Waals surface area contributed by atoms with E-state index in [4.69, 9.17) is 4.74 Å².